The molecule has 10 heteroatoms. The maximum atomic E-state index is 14.4. The van der Waals surface area contributed by atoms with Gasteiger partial charge in [-0.05, 0) is 44.5 Å². The number of aromatic nitrogens is 5. The number of rotatable bonds is 1. The molecule has 6 rings (SSSR count). The molecule has 2 N–H and O–H groups in total. The summed E-state index contributed by atoms with van der Waals surface area (Å²) in [6, 6.07) is 6.17. The van der Waals surface area contributed by atoms with Gasteiger partial charge >= 0.3 is 0 Å². The van der Waals surface area contributed by atoms with E-state index in [1.54, 1.807) is 41.7 Å². The SMILES string of the molecule is CCn1nc2c3c1-c1cnc(N)c(c1)O[C@H](C)c1cc(F)ccc1-c1nn(C)cc1C3CC2=C(F)F. The van der Waals surface area contributed by atoms with Crippen LogP contribution in [0.4, 0.5) is 19.0 Å². The Balaban J connectivity index is 1.74. The quantitative estimate of drug-likeness (QED) is 0.369. The van der Waals surface area contributed by atoms with E-state index < -0.39 is 23.9 Å². The Morgan fingerprint density at radius 3 is 2.72 bits per heavy atom. The molecule has 7 nitrogen and oxygen atoms in total. The summed E-state index contributed by atoms with van der Waals surface area (Å²) in [5.41, 5.74) is 10.9. The Hall–Kier alpha value is -4.08. The summed E-state index contributed by atoms with van der Waals surface area (Å²) in [6.45, 7) is 4.17. The Labute approximate surface area is 205 Å². The average Bonchev–Trinajstić information content (AvgIpc) is 3.51. The largest absolute Gasteiger partial charge is 0.482 e. The zero-order valence-electron chi connectivity index (χ0n) is 19.9. The second-order valence-corrected chi connectivity index (χ2v) is 9.13. The molecule has 3 aromatic heterocycles. The zero-order chi connectivity index (χ0) is 25.3. The number of nitrogens with two attached hydrogens (primary N) is 1. The molecule has 0 saturated heterocycles. The monoisotopic (exact) mass is 492 g/mol. The molecule has 1 aliphatic carbocycles. The third-order valence-corrected chi connectivity index (χ3v) is 6.96. The van der Waals surface area contributed by atoms with Crippen LogP contribution in [-0.4, -0.2) is 24.5 Å². The summed E-state index contributed by atoms with van der Waals surface area (Å²) < 4.78 is 52.4. The maximum Gasteiger partial charge on any atom is 0.275 e. The van der Waals surface area contributed by atoms with Crippen LogP contribution in [0.3, 0.4) is 0 Å². The minimum absolute atomic E-state index is 0.0775. The van der Waals surface area contributed by atoms with Gasteiger partial charge in [-0.1, -0.05) is 0 Å². The summed E-state index contributed by atoms with van der Waals surface area (Å²) in [5.74, 6) is -0.375. The predicted octanol–water partition coefficient (Wildman–Crippen LogP) is 5.68. The van der Waals surface area contributed by atoms with Crippen molar-refractivity contribution in [1.29, 1.82) is 0 Å². The minimum atomic E-state index is -1.75. The molecule has 1 aliphatic heterocycles. The molecule has 1 aromatic carbocycles. The van der Waals surface area contributed by atoms with Crippen molar-refractivity contribution in [3.05, 3.63) is 70.9 Å². The number of hydrogen-bond donors (Lipinski definition) is 1. The molecule has 1 unspecified atom stereocenters. The number of nitrogen functional groups attached to an aromatic ring is 1. The first-order chi connectivity index (χ1) is 17.3. The third kappa shape index (κ3) is 3.24. The van der Waals surface area contributed by atoms with E-state index in [9.17, 15) is 13.2 Å². The maximum absolute atomic E-state index is 14.4. The Morgan fingerprint density at radius 1 is 1.17 bits per heavy atom. The molecule has 2 bridgehead atoms. The lowest BCUT2D eigenvalue weighted by molar-refractivity contribution is 0.227. The fourth-order valence-corrected chi connectivity index (χ4v) is 5.39. The fourth-order valence-electron chi connectivity index (χ4n) is 5.39. The lowest BCUT2D eigenvalue weighted by Crippen LogP contribution is -2.11. The summed E-state index contributed by atoms with van der Waals surface area (Å²) in [5, 5.41) is 9.29. The average molecular weight is 493 g/mol. The molecule has 0 fully saturated rings. The molecule has 36 heavy (non-hydrogen) atoms. The van der Waals surface area contributed by atoms with E-state index >= 15 is 0 Å². The topological polar surface area (TPSA) is 83.8 Å². The van der Waals surface area contributed by atoms with Crippen molar-refractivity contribution >= 4 is 11.4 Å². The molecule has 0 amide bonds. The van der Waals surface area contributed by atoms with Gasteiger partial charge in [-0.3, -0.25) is 9.36 Å². The molecule has 0 spiro atoms. The van der Waals surface area contributed by atoms with Gasteiger partial charge in [0.2, 0.25) is 0 Å². The summed E-state index contributed by atoms with van der Waals surface area (Å²) in [6.07, 6.45) is 1.17. The van der Waals surface area contributed by atoms with Crippen LogP contribution in [0.5, 0.6) is 5.75 Å². The lowest BCUT2D eigenvalue weighted by atomic mass is 9.88. The van der Waals surface area contributed by atoms with E-state index in [4.69, 9.17) is 15.6 Å². The van der Waals surface area contributed by atoms with Gasteiger partial charge in [0.15, 0.2) is 11.6 Å². The first-order valence-corrected chi connectivity index (χ1v) is 11.7. The predicted molar refractivity (Wildman–Crippen MR) is 129 cm³/mol. The van der Waals surface area contributed by atoms with Crippen molar-refractivity contribution in [2.45, 2.75) is 38.8 Å². The highest BCUT2D eigenvalue weighted by Crippen LogP contribution is 2.52. The van der Waals surface area contributed by atoms with E-state index in [0.29, 0.717) is 45.9 Å². The van der Waals surface area contributed by atoms with Gasteiger partial charge in [0.05, 0.1) is 17.1 Å². The molecule has 184 valence electrons. The Kier molecular flexibility index (Phi) is 4.96. The standard InChI is InChI=1S/C26H23F3N6O/c1-4-35-24-13-7-20(26(30)31-10-13)36-12(2)16-8-14(27)5-6-15(16)22-19(11-34(3)32-22)17-9-18(25(28)29)23(33-35)21(17)24/h5-8,10-12,17H,4,9H2,1-3H3,(H2,30,31)/t12-,17?/m1/s1. The van der Waals surface area contributed by atoms with Crippen molar-refractivity contribution in [2.24, 2.45) is 7.05 Å². The van der Waals surface area contributed by atoms with E-state index in [-0.39, 0.29) is 23.5 Å². The number of fused-ring (bicyclic) bond motifs is 7. The van der Waals surface area contributed by atoms with Crippen molar-refractivity contribution in [2.75, 3.05) is 5.73 Å². The van der Waals surface area contributed by atoms with Gasteiger partial charge in [0.1, 0.15) is 11.9 Å². The van der Waals surface area contributed by atoms with Crippen LogP contribution < -0.4 is 10.5 Å². The first kappa shape index (κ1) is 22.4. The van der Waals surface area contributed by atoms with Crippen LogP contribution >= 0.6 is 0 Å². The van der Waals surface area contributed by atoms with Crippen molar-refractivity contribution < 1.29 is 17.9 Å². The van der Waals surface area contributed by atoms with Gasteiger partial charge in [0, 0.05) is 65.3 Å². The zero-order valence-corrected chi connectivity index (χ0v) is 19.9. The van der Waals surface area contributed by atoms with Crippen molar-refractivity contribution in [3.8, 4) is 28.3 Å². The van der Waals surface area contributed by atoms with Gasteiger partial charge in [-0.25, -0.2) is 9.37 Å². The number of nitrogens with zero attached hydrogens (tertiary/aromatic N) is 5. The second kappa shape index (κ2) is 7.97. The summed E-state index contributed by atoms with van der Waals surface area (Å²) in [4.78, 5) is 4.33. The number of ether oxygens (including phenoxy) is 1. The van der Waals surface area contributed by atoms with E-state index in [2.05, 4.69) is 10.1 Å². The Morgan fingerprint density at radius 2 is 1.97 bits per heavy atom. The van der Waals surface area contributed by atoms with Crippen LogP contribution in [0.1, 0.15) is 54.7 Å². The van der Waals surface area contributed by atoms with Gasteiger partial charge < -0.3 is 10.5 Å². The van der Waals surface area contributed by atoms with Gasteiger partial charge in [0.25, 0.3) is 6.08 Å². The number of allylic oxidation sites excluding steroid dienone is 1. The molecule has 2 atom stereocenters. The summed E-state index contributed by atoms with van der Waals surface area (Å²) in [7, 11) is 1.78. The fraction of sp³-hybridized carbons (Fsp3) is 0.269. The van der Waals surface area contributed by atoms with Crippen molar-refractivity contribution in [3.63, 3.8) is 0 Å². The van der Waals surface area contributed by atoms with Gasteiger partial charge in [-0.15, -0.1) is 0 Å². The lowest BCUT2D eigenvalue weighted by Gasteiger charge is -2.22. The number of pyridine rings is 1. The molecular formula is C26H23F3N6O. The second-order valence-electron chi connectivity index (χ2n) is 9.13. The van der Waals surface area contributed by atoms with E-state index in [1.165, 1.54) is 12.1 Å². The first-order valence-electron chi connectivity index (χ1n) is 11.7. The molecule has 2 aliphatic rings. The number of benzene rings is 1. The van der Waals surface area contributed by atoms with E-state index in [1.807, 2.05) is 13.1 Å². The van der Waals surface area contributed by atoms with Crippen LogP contribution in [0.15, 0.2) is 42.7 Å². The van der Waals surface area contributed by atoms with Crippen LogP contribution in [0, 0.1) is 5.82 Å². The number of halogens is 3. The third-order valence-electron chi connectivity index (χ3n) is 6.96. The Bertz CT molecular complexity index is 1570. The molecule has 0 radical (unpaired) electrons. The highest BCUT2D eigenvalue weighted by molar-refractivity contribution is 5.83. The van der Waals surface area contributed by atoms with Crippen LogP contribution in [0.25, 0.3) is 28.1 Å². The number of aryl methyl sites for hydroxylation is 2. The van der Waals surface area contributed by atoms with E-state index in [0.717, 1.165) is 5.56 Å². The smallest absolute Gasteiger partial charge is 0.275 e. The molecule has 4 aromatic rings. The number of anilines is 1. The normalized spacial score (nSPS) is 18.0. The summed E-state index contributed by atoms with van der Waals surface area (Å²) >= 11 is 0. The minimum Gasteiger partial charge on any atom is -0.482 e. The van der Waals surface area contributed by atoms with Crippen molar-refractivity contribution in [1.82, 2.24) is 24.5 Å². The molecule has 0 saturated carbocycles. The van der Waals surface area contributed by atoms with Crippen LogP contribution in [-0.2, 0) is 13.6 Å². The highest BCUT2D eigenvalue weighted by atomic mass is 19.3. The van der Waals surface area contributed by atoms with Gasteiger partial charge in [-0.2, -0.15) is 19.0 Å². The highest BCUT2D eigenvalue weighted by Gasteiger charge is 2.40. The molecule has 4 heterocycles. The van der Waals surface area contributed by atoms with Crippen LogP contribution in [0.2, 0.25) is 0 Å². The molecular weight excluding hydrogens is 469 g/mol. The number of hydrogen-bond acceptors (Lipinski definition) is 5.